The van der Waals surface area contributed by atoms with E-state index in [1.54, 1.807) is 18.2 Å². The van der Waals surface area contributed by atoms with Crippen LogP contribution in [0, 0.1) is 5.92 Å². The predicted octanol–water partition coefficient (Wildman–Crippen LogP) is 1.40. The van der Waals surface area contributed by atoms with Crippen LogP contribution in [0.3, 0.4) is 0 Å². The average Bonchev–Trinajstić information content (AvgIpc) is 2.27. The van der Waals surface area contributed by atoms with Crippen LogP contribution in [0.5, 0.6) is 0 Å². The molecular weight excluding hydrogens is 268 g/mol. The van der Waals surface area contributed by atoms with Gasteiger partial charge in [0.1, 0.15) is 4.99 Å². The summed E-state index contributed by atoms with van der Waals surface area (Å²) in [6.45, 7) is 0.514. The standard InChI is InChI=1S/C12H16N2O2S2/c13-12(17)10-5-2-6-11(7-10)18(15,16)14-8-9-3-1-4-9/h2,5-7,9,14H,1,3-4,8H2,(H2,13,17). The molecule has 2 rings (SSSR count). The molecule has 1 aliphatic rings. The average molecular weight is 284 g/mol. The Hall–Kier alpha value is -0.980. The van der Waals surface area contributed by atoms with Crippen LogP contribution in [0.15, 0.2) is 29.2 Å². The van der Waals surface area contributed by atoms with E-state index >= 15 is 0 Å². The summed E-state index contributed by atoms with van der Waals surface area (Å²) in [6.07, 6.45) is 3.41. The van der Waals surface area contributed by atoms with Crippen LogP contribution in [0.4, 0.5) is 0 Å². The third-order valence-corrected chi connectivity index (χ3v) is 4.87. The molecule has 0 aliphatic heterocycles. The first-order valence-electron chi connectivity index (χ1n) is 5.88. The Bertz CT molecular complexity index is 551. The topological polar surface area (TPSA) is 72.2 Å². The van der Waals surface area contributed by atoms with Crippen LogP contribution >= 0.6 is 12.2 Å². The molecule has 1 aromatic carbocycles. The number of rotatable bonds is 5. The van der Waals surface area contributed by atoms with E-state index in [9.17, 15) is 8.42 Å². The van der Waals surface area contributed by atoms with Crippen molar-refractivity contribution in [1.29, 1.82) is 0 Å². The molecule has 6 heteroatoms. The number of benzene rings is 1. The Morgan fingerprint density at radius 2 is 2.17 bits per heavy atom. The van der Waals surface area contributed by atoms with E-state index in [-0.39, 0.29) is 9.88 Å². The van der Waals surface area contributed by atoms with Gasteiger partial charge in [0, 0.05) is 12.1 Å². The zero-order valence-electron chi connectivity index (χ0n) is 9.93. The number of thiocarbonyl (C=S) groups is 1. The maximum atomic E-state index is 12.1. The minimum atomic E-state index is -3.45. The van der Waals surface area contributed by atoms with Gasteiger partial charge < -0.3 is 5.73 Å². The summed E-state index contributed by atoms with van der Waals surface area (Å²) in [7, 11) is -3.45. The Balaban J connectivity index is 2.12. The normalized spacial score (nSPS) is 16.2. The highest BCUT2D eigenvalue weighted by atomic mass is 32.2. The molecule has 0 spiro atoms. The molecule has 0 saturated heterocycles. The van der Waals surface area contributed by atoms with E-state index in [1.165, 1.54) is 12.5 Å². The molecule has 98 valence electrons. The van der Waals surface area contributed by atoms with Crippen molar-refractivity contribution in [2.75, 3.05) is 6.54 Å². The van der Waals surface area contributed by atoms with Crippen molar-refractivity contribution in [2.24, 2.45) is 11.7 Å². The largest absolute Gasteiger partial charge is 0.389 e. The smallest absolute Gasteiger partial charge is 0.240 e. The highest BCUT2D eigenvalue weighted by Gasteiger charge is 2.21. The van der Waals surface area contributed by atoms with E-state index in [0.717, 1.165) is 12.8 Å². The van der Waals surface area contributed by atoms with Crippen molar-refractivity contribution in [1.82, 2.24) is 4.72 Å². The molecule has 0 radical (unpaired) electrons. The fourth-order valence-corrected chi connectivity index (χ4v) is 3.11. The molecule has 0 heterocycles. The Kier molecular flexibility index (Phi) is 3.99. The molecule has 0 amide bonds. The number of hydrogen-bond donors (Lipinski definition) is 2. The lowest BCUT2D eigenvalue weighted by Gasteiger charge is -2.25. The van der Waals surface area contributed by atoms with Gasteiger partial charge in [0.2, 0.25) is 10.0 Å². The maximum Gasteiger partial charge on any atom is 0.240 e. The van der Waals surface area contributed by atoms with Gasteiger partial charge in [0.15, 0.2) is 0 Å². The quantitative estimate of drug-likeness (QED) is 0.802. The van der Waals surface area contributed by atoms with Crippen molar-refractivity contribution in [2.45, 2.75) is 24.2 Å². The maximum absolute atomic E-state index is 12.1. The SMILES string of the molecule is NC(=S)c1cccc(S(=O)(=O)NCC2CCC2)c1. The second-order valence-corrected chi connectivity index (χ2v) is 6.75. The van der Waals surface area contributed by atoms with E-state index in [0.29, 0.717) is 18.0 Å². The predicted molar refractivity (Wildman–Crippen MR) is 74.9 cm³/mol. The molecule has 1 saturated carbocycles. The highest BCUT2D eigenvalue weighted by Crippen LogP contribution is 2.25. The third kappa shape index (κ3) is 3.07. The van der Waals surface area contributed by atoms with Gasteiger partial charge in [0.05, 0.1) is 4.90 Å². The molecule has 1 aromatic rings. The molecule has 0 bridgehead atoms. The minimum Gasteiger partial charge on any atom is -0.389 e. The summed E-state index contributed by atoms with van der Waals surface area (Å²) in [6, 6.07) is 6.40. The van der Waals surface area contributed by atoms with Crippen molar-refractivity contribution in [3.63, 3.8) is 0 Å². The van der Waals surface area contributed by atoms with Crippen molar-refractivity contribution >= 4 is 27.2 Å². The van der Waals surface area contributed by atoms with Crippen LogP contribution < -0.4 is 10.5 Å². The van der Waals surface area contributed by atoms with E-state index < -0.39 is 10.0 Å². The summed E-state index contributed by atoms with van der Waals surface area (Å²) in [4.78, 5) is 0.415. The van der Waals surface area contributed by atoms with Crippen LogP contribution in [0.2, 0.25) is 0 Å². The Morgan fingerprint density at radius 1 is 1.44 bits per heavy atom. The van der Waals surface area contributed by atoms with Gasteiger partial charge in [-0.25, -0.2) is 13.1 Å². The van der Waals surface area contributed by atoms with Gasteiger partial charge in [-0.1, -0.05) is 30.8 Å². The monoisotopic (exact) mass is 284 g/mol. The molecule has 18 heavy (non-hydrogen) atoms. The third-order valence-electron chi connectivity index (χ3n) is 3.22. The van der Waals surface area contributed by atoms with Gasteiger partial charge in [-0.05, 0) is 30.9 Å². The van der Waals surface area contributed by atoms with Crippen LogP contribution in [0.1, 0.15) is 24.8 Å². The summed E-state index contributed by atoms with van der Waals surface area (Å²) in [5, 5.41) is 0. The number of nitrogens with one attached hydrogen (secondary N) is 1. The molecule has 0 atom stereocenters. The first-order valence-corrected chi connectivity index (χ1v) is 7.78. The summed E-state index contributed by atoms with van der Waals surface area (Å²) in [5.74, 6) is 0.485. The van der Waals surface area contributed by atoms with Crippen molar-refractivity contribution in [3.8, 4) is 0 Å². The fourth-order valence-electron chi connectivity index (χ4n) is 1.82. The molecule has 0 aromatic heterocycles. The lowest BCUT2D eigenvalue weighted by Crippen LogP contribution is -2.32. The minimum absolute atomic E-state index is 0.200. The first kappa shape index (κ1) is 13.5. The van der Waals surface area contributed by atoms with Gasteiger partial charge in [-0.15, -0.1) is 0 Å². The van der Waals surface area contributed by atoms with Gasteiger partial charge in [-0.3, -0.25) is 0 Å². The zero-order chi connectivity index (χ0) is 13.2. The first-order chi connectivity index (χ1) is 8.49. The second kappa shape index (κ2) is 5.34. The molecule has 1 fully saturated rings. The summed E-state index contributed by atoms with van der Waals surface area (Å²) >= 11 is 4.84. The highest BCUT2D eigenvalue weighted by molar-refractivity contribution is 7.89. The molecule has 1 aliphatic carbocycles. The second-order valence-electron chi connectivity index (χ2n) is 4.54. The van der Waals surface area contributed by atoms with Gasteiger partial charge in [0.25, 0.3) is 0 Å². The van der Waals surface area contributed by atoms with E-state index in [2.05, 4.69) is 4.72 Å². The molecule has 4 nitrogen and oxygen atoms in total. The van der Waals surface area contributed by atoms with Crippen molar-refractivity contribution < 1.29 is 8.42 Å². The lowest BCUT2D eigenvalue weighted by atomic mass is 9.86. The summed E-state index contributed by atoms with van der Waals surface area (Å²) in [5.41, 5.74) is 6.06. The molecular formula is C12H16N2O2S2. The zero-order valence-corrected chi connectivity index (χ0v) is 11.6. The molecule has 3 N–H and O–H groups in total. The molecule has 0 unspecified atom stereocenters. The van der Waals surface area contributed by atoms with Gasteiger partial charge in [-0.2, -0.15) is 0 Å². The number of sulfonamides is 1. The van der Waals surface area contributed by atoms with Crippen LogP contribution in [-0.2, 0) is 10.0 Å². The number of nitrogens with two attached hydrogens (primary N) is 1. The van der Waals surface area contributed by atoms with Crippen molar-refractivity contribution in [3.05, 3.63) is 29.8 Å². The van der Waals surface area contributed by atoms with Crippen LogP contribution in [-0.4, -0.2) is 20.0 Å². The van der Waals surface area contributed by atoms with Crippen LogP contribution in [0.25, 0.3) is 0 Å². The Labute approximate surface area is 113 Å². The number of hydrogen-bond acceptors (Lipinski definition) is 3. The Morgan fingerprint density at radius 3 is 2.72 bits per heavy atom. The van der Waals surface area contributed by atoms with E-state index in [4.69, 9.17) is 18.0 Å². The van der Waals surface area contributed by atoms with Gasteiger partial charge >= 0.3 is 0 Å². The lowest BCUT2D eigenvalue weighted by molar-refractivity contribution is 0.316. The van der Waals surface area contributed by atoms with E-state index in [1.807, 2.05) is 0 Å². The summed E-state index contributed by atoms with van der Waals surface area (Å²) < 4.78 is 26.7. The fraction of sp³-hybridized carbons (Fsp3) is 0.417.